The molecule has 96 valence electrons. The van der Waals surface area contributed by atoms with Gasteiger partial charge in [0.2, 0.25) is 0 Å². The van der Waals surface area contributed by atoms with Gasteiger partial charge >= 0.3 is 0 Å². The van der Waals surface area contributed by atoms with Gasteiger partial charge in [-0.2, -0.15) is 0 Å². The molecule has 17 heavy (non-hydrogen) atoms. The van der Waals surface area contributed by atoms with Gasteiger partial charge in [-0.25, -0.2) is 0 Å². The van der Waals surface area contributed by atoms with Crippen LogP contribution >= 0.6 is 0 Å². The minimum Gasteiger partial charge on any atom is -0.390 e. The van der Waals surface area contributed by atoms with E-state index in [2.05, 4.69) is 44.3 Å². The van der Waals surface area contributed by atoms with E-state index >= 15 is 0 Å². The Morgan fingerprint density at radius 3 is 2.35 bits per heavy atom. The van der Waals surface area contributed by atoms with Crippen LogP contribution in [0.25, 0.3) is 0 Å². The smallest absolute Gasteiger partial charge is 0.0672 e. The van der Waals surface area contributed by atoms with Crippen LogP contribution < -0.4 is 5.32 Å². The van der Waals surface area contributed by atoms with Crippen LogP contribution in [0.5, 0.6) is 0 Å². The Morgan fingerprint density at radius 2 is 1.82 bits per heavy atom. The SMILES string of the molecule is CCNCCC(C)(O)Cc1c(C)cccc1C. The molecule has 1 aromatic rings. The molecule has 0 radical (unpaired) electrons. The van der Waals surface area contributed by atoms with Crippen LogP contribution in [0, 0.1) is 13.8 Å². The predicted molar refractivity (Wildman–Crippen MR) is 73.4 cm³/mol. The van der Waals surface area contributed by atoms with Crippen molar-refractivity contribution in [1.82, 2.24) is 5.32 Å². The first-order valence-corrected chi connectivity index (χ1v) is 6.44. The van der Waals surface area contributed by atoms with Crippen LogP contribution in [0.15, 0.2) is 18.2 Å². The van der Waals surface area contributed by atoms with Crippen LogP contribution in [0.1, 0.15) is 37.0 Å². The van der Waals surface area contributed by atoms with E-state index in [4.69, 9.17) is 0 Å². The Morgan fingerprint density at radius 1 is 1.24 bits per heavy atom. The molecule has 2 heteroatoms. The highest BCUT2D eigenvalue weighted by Gasteiger charge is 2.21. The molecule has 0 fully saturated rings. The van der Waals surface area contributed by atoms with E-state index in [0.29, 0.717) is 0 Å². The molecule has 2 nitrogen and oxygen atoms in total. The summed E-state index contributed by atoms with van der Waals surface area (Å²) in [4.78, 5) is 0. The van der Waals surface area contributed by atoms with Gasteiger partial charge in [-0.05, 0) is 57.0 Å². The third kappa shape index (κ3) is 4.49. The number of aryl methyl sites for hydroxylation is 2. The highest BCUT2D eigenvalue weighted by Crippen LogP contribution is 2.22. The van der Waals surface area contributed by atoms with Gasteiger partial charge in [0.15, 0.2) is 0 Å². The monoisotopic (exact) mass is 235 g/mol. The van der Waals surface area contributed by atoms with Crippen molar-refractivity contribution in [2.24, 2.45) is 0 Å². The Balaban J connectivity index is 2.69. The highest BCUT2D eigenvalue weighted by molar-refractivity contribution is 5.34. The second-order valence-electron chi connectivity index (χ2n) is 5.15. The molecular weight excluding hydrogens is 210 g/mol. The molecular formula is C15H25NO. The Labute approximate surface area is 105 Å². The van der Waals surface area contributed by atoms with E-state index in [1.54, 1.807) is 0 Å². The van der Waals surface area contributed by atoms with Gasteiger partial charge in [0.05, 0.1) is 5.60 Å². The molecule has 0 saturated carbocycles. The summed E-state index contributed by atoms with van der Waals surface area (Å²) in [7, 11) is 0. The molecule has 0 saturated heterocycles. The van der Waals surface area contributed by atoms with Crippen LogP contribution in [0.4, 0.5) is 0 Å². The minimum atomic E-state index is -0.626. The fraction of sp³-hybridized carbons (Fsp3) is 0.600. The van der Waals surface area contributed by atoms with E-state index in [9.17, 15) is 5.11 Å². The fourth-order valence-corrected chi connectivity index (χ4v) is 2.13. The average Bonchev–Trinajstić information content (AvgIpc) is 2.24. The van der Waals surface area contributed by atoms with Crippen molar-refractivity contribution in [2.45, 2.75) is 46.1 Å². The summed E-state index contributed by atoms with van der Waals surface area (Å²) in [5.41, 5.74) is 3.20. The highest BCUT2D eigenvalue weighted by atomic mass is 16.3. The predicted octanol–water partition coefficient (Wildman–Crippen LogP) is 2.60. The molecule has 0 aromatic heterocycles. The molecule has 2 N–H and O–H groups in total. The zero-order chi connectivity index (χ0) is 12.9. The molecule has 0 aliphatic rings. The van der Waals surface area contributed by atoms with Crippen molar-refractivity contribution in [2.75, 3.05) is 13.1 Å². The summed E-state index contributed by atoms with van der Waals surface area (Å²) in [6.07, 6.45) is 1.52. The first kappa shape index (κ1) is 14.2. The maximum Gasteiger partial charge on any atom is 0.0672 e. The molecule has 1 aromatic carbocycles. The third-order valence-electron chi connectivity index (χ3n) is 3.29. The van der Waals surface area contributed by atoms with E-state index in [1.165, 1.54) is 16.7 Å². The lowest BCUT2D eigenvalue weighted by atomic mass is 9.88. The van der Waals surface area contributed by atoms with Gasteiger partial charge in [-0.15, -0.1) is 0 Å². The summed E-state index contributed by atoms with van der Waals surface area (Å²) in [6.45, 7) is 10.1. The van der Waals surface area contributed by atoms with Crippen LogP contribution in [0.3, 0.4) is 0 Å². The van der Waals surface area contributed by atoms with Gasteiger partial charge in [0.25, 0.3) is 0 Å². The lowest BCUT2D eigenvalue weighted by Gasteiger charge is -2.25. The van der Waals surface area contributed by atoms with Gasteiger partial charge in [0.1, 0.15) is 0 Å². The summed E-state index contributed by atoms with van der Waals surface area (Å²) >= 11 is 0. The van der Waals surface area contributed by atoms with Crippen molar-refractivity contribution in [1.29, 1.82) is 0 Å². The molecule has 0 aliphatic carbocycles. The Kier molecular flexibility index (Phi) is 5.16. The number of hydrogen-bond donors (Lipinski definition) is 2. The maximum atomic E-state index is 10.4. The van der Waals surface area contributed by atoms with E-state index in [1.807, 2.05) is 6.92 Å². The van der Waals surface area contributed by atoms with Crippen molar-refractivity contribution in [3.05, 3.63) is 34.9 Å². The molecule has 0 spiro atoms. The summed E-state index contributed by atoms with van der Waals surface area (Å²) in [6, 6.07) is 6.30. The summed E-state index contributed by atoms with van der Waals surface area (Å²) in [5.74, 6) is 0. The number of hydrogen-bond acceptors (Lipinski definition) is 2. The molecule has 0 aliphatic heterocycles. The number of benzene rings is 1. The van der Waals surface area contributed by atoms with Gasteiger partial charge in [0, 0.05) is 6.42 Å². The van der Waals surface area contributed by atoms with Gasteiger partial charge in [-0.3, -0.25) is 0 Å². The number of rotatable bonds is 6. The van der Waals surface area contributed by atoms with E-state index < -0.39 is 5.60 Å². The first-order valence-electron chi connectivity index (χ1n) is 6.44. The second kappa shape index (κ2) is 6.18. The normalized spacial score (nSPS) is 14.6. The molecule has 1 unspecified atom stereocenters. The van der Waals surface area contributed by atoms with Gasteiger partial charge < -0.3 is 10.4 Å². The third-order valence-corrected chi connectivity index (χ3v) is 3.29. The largest absolute Gasteiger partial charge is 0.390 e. The first-order chi connectivity index (χ1) is 7.96. The van der Waals surface area contributed by atoms with Crippen molar-refractivity contribution in [3.63, 3.8) is 0 Å². The van der Waals surface area contributed by atoms with E-state index in [-0.39, 0.29) is 0 Å². The molecule has 1 rings (SSSR count). The second-order valence-corrected chi connectivity index (χ2v) is 5.15. The van der Waals surface area contributed by atoms with Crippen LogP contribution in [-0.2, 0) is 6.42 Å². The van der Waals surface area contributed by atoms with Crippen molar-refractivity contribution in [3.8, 4) is 0 Å². The number of nitrogens with one attached hydrogen (secondary N) is 1. The maximum absolute atomic E-state index is 10.4. The topological polar surface area (TPSA) is 32.3 Å². The average molecular weight is 235 g/mol. The molecule has 0 heterocycles. The van der Waals surface area contributed by atoms with Crippen LogP contribution in [0.2, 0.25) is 0 Å². The summed E-state index contributed by atoms with van der Waals surface area (Å²) in [5, 5.41) is 13.7. The van der Waals surface area contributed by atoms with Crippen molar-refractivity contribution >= 4 is 0 Å². The summed E-state index contributed by atoms with van der Waals surface area (Å²) < 4.78 is 0. The Bertz CT molecular complexity index is 338. The zero-order valence-corrected chi connectivity index (χ0v) is 11.5. The standard InChI is InChI=1S/C15H25NO/c1-5-16-10-9-15(4,17)11-14-12(2)7-6-8-13(14)3/h6-8,16-17H,5,9-11H2,1-4H3. The van der Waals surface area contributed by atoms with Gasteiger partial charge in [-0.1, -0.05) is 25.1 Å². The zero-order valence-electron chi connectivity index (χ0n) is 11.5. The number of aliphatic hydroxyl groups is 1. The molecule has 0 bridgehead atoms. The molecule has 1 atom stereocenters. The van der Waals surface area contributed by atoms with E-state index in [0.717, 1.165) is 25.9 Å². The fourth-order valence-electron chi connectivity index (χ4n) is 2.13. The Hall–Kier alpha value is -0.860. The lowest BCUT2D eigenvalue weighted by Crippen LogP contribution is -2.32. The van der Waals surface area contributed by atoms with Crippen molar-refractivity contribution < 1.29 is 5.11 Å². The molecule has 0 amide bonds. The minimum absolute atomic E-state index is 0.626. The quantitative estimate of drug-likeness (QED) is 0.743. The van der Waals surface area contributed by atoms with Crippen LogP contribution in [-0.4, -0.2) is 23.8 Å². The lowest BCUT2D eigenvalue weighted by molar-refractivity contribution is 0.0514.